The molecule has 2 heterocycles. The van der Waals surface area contributed by atoms with Gasteiger partial charge >= 0.3 is 6.03 Å². The van der Waals surface area contributed by atoms with Crippen molar-refractivity contribution >= 4 is 6.03 Å². The smallest absolute Gasteiger partial charge is 0.317 e. The number of ether oxygens (including phenoxy) is 1. The molecule has 5 heteroatoms. The molecule has 0 aromatic rings. The van der Waals surface area contributed by atoms with Crippen LogP contribution in [0.3, 0.4) is 0 Å². The second-order valence-corrected chi connectivity index (χ2v) is 5.38. The Balaban J connectivity index is 1.79. The SMILES string of the molecule is CC(C)CC1CN(CC2CNCCO2)C(=O)N1. The van der Waals surface area contributed by atoms with Crippen LogP contribution in [0.4, 0.5) is 4.79 Å². The lowest BCUT2D eigenvalue weighted by Gasteiger charge is -2.27. The third-order valence-electron chi connectivity index (χ3n) is 3.24. The van der Waals surface area contributed by atoms with Crippen LogP contribution >= 0.6 is 0 Å². The Bertz CT molecular complexity index is 264. The van der Waals surface area contributed by atoms with E-state index in [1.54, 1.807) is 0 Å². The summed E-state index contributed by atoms with van der Waals surface area (Å²) in [5.41, 5.74) is 0. The number of nitrogens with zero attached hydrogens (tertiary/aromatic N) is 1. The second-order valence-electron chi connectivity index (χ2n) is 5.38. The van der Waals surface area contributed by atoms with E-state index >= 15 is 0 Å². The molecule has 0 aromatic carbocycles. The Morgan fingerprint density at radius 1 is 1.53 bits per heavy atom. The number of urea groups is 1. The van der Waals surface area contributed by atoms with Gasteiger partial charge in [-0.2, -0.15) is 0 Å². The van der Waals surface area contributed by atoms with Gasteiger partial charge in [0.15, 0.2) is 0 Å². The van der Waals surface area contributed by atoms with Crippen LogP contribution in [0.5, 0.6) is 0 Å². The molecule has 2 rings (SSSR count). The molecular formula is C12H23N3O2. The van der Waals surface area contributed by atoms with E-state index in [1.165, 1.54) is 0 Å². The molecule has 0 radical (unpaired) electrons. The van der Waals surface area contributed by atoms with Crippen molar-refractivity contribution in [1.82, 2.24) is 15.5 Å². The van der Waals surface area contributed by atoms with Crippen molar-refractivity contribution < 1.29 is 9.53 Å². The predicted octanol–water partition coefficient (Wildman–Crippen LogP) is 0.415. The minimum atomic E-state index is 0.0600. The quantitative estimate of drug-likeness (QED) is 0.750. The molecular weight excluding hydrogens is 218 g/mol. The van der Waals surface area contributed by atoms with Gasteiger partial charge in [-0.05, 0) is 12.3 Å². The predicted molar refractivity (Wildman–Crippen MR) is 66.0 cm³/mol. The van der Waals surface area contributed by atoms with Crippen LogP contribution in [0.2, 0.25) is 0 Å². The topological polar surface area (TPSA) is 53.6 Å². The zero-order valence-electron chi connectivity index (χ0n) is 10.7. The van der Waals surface area contributed by atoms with Gasteiger partial charge in [0.1, 0.15) is 0 Å². The summed E-state index contributed by atoms with van der Waals surface area (Å²) in [7, 11) is 0. The number of hydrogen-bond acceptors (Lipinski definition) is 3. The molecule has 2 aliphatic heterocycles. The van der Waals surface area contributed by atoms with Gasteiger partial charge in [0.2, 0.25) is 0 Å². The summed E-state index contributed by atoms with van der Waals surface area (Å²) >= 11 is 0. The average Bonchev–Trinajstić information content (AvgIpc) is 2.59. The fraction of sp³-hybridized carbons (Fsp3) is 0.917. The van der Waals surface area contributed by atoms with Crippen molar-refractivity contribution in [2.75, 3.05) is 32.8 Å². The van der Waals surface area contributed by atoms with Gasteiger partial charge in [-0.3, -0.25) is 0 Å². The number of morpholine rings is 1. The van der Waals surface area contributed by atoms with Crippen molar-refractivity contribution in [3.05, 3.63) is 0 Å². The van der Waals surface area contributed by atoms with Gasteiger partial charge in [0.25, 0.3) is 0 Å². The number of rotatable bonds is 4. The molecule has 2 aliphatic rings. The highest BCUT2D eigenvalue weighted by Crippen LogP contribution is 2.13. The molecule has 2 fully saturated rings. The monoisotopic (exact) mass is 241 g/mol. The Morgan fingerprint density at radius 3 is 3.00 bits per heavy atom. The molecule has 0 saturated carbocycles. The van der Waals surface area contributed by atoms with Gasteiger partial charge < -0.3 is 20.3 Å². The molecule has 0 spiro atoms. The summed E-state index contributed by atoms with van der Waals surface area (Å²) in [6, 6.07) is 0.365. The zero-order chi connectivity index (χ0) is 12.3. The third kappa shape index (κ3) is 3.57. The summed E-state index contributed by atoms with van der Waals surface area (Å²) in [6.45, 7) is 8.39. The number of hydrogen-bond donors (Lipinski definition) is 2. The van der Waals surface area contributed by atoms with Crippen LogP contribution in [0, 0.1) is 5.92 Å². The van der Waals surface area contributed by atoms with Crippen molar-refractivity contribution in [2.45, 2.75) is 32.4 Å². The fourth-order valence-electron chi connectivity index (χ4n) is 2.50. The van der Waals surface area contributed by atoms with Crippen LogP contribution in [0.25, 0.3) is 0 Å². The Hall–Kier alpha value is -0.810. The lowest BCUT2D eigenvalue weighted by atomic mass is 10.0. The van der Waals surface area contributed by atoms with Gasteiger partial charge in [-0.15, -0.1) is 0 Å². The molecule has 0 aliphatic carbocycles. The number of carbonyl (C=O) groups excluding carboxylic acids is 1. The Kier molecular flexibility index (Phi) is 4.23. The van der Waals surface area contributed by atoms with Gasteiger partial charge in [-0.25, -0.2) is 4.79 Å². The molecule has 2 N–H and O–H groups in total. The summed E-state index contributed by atoms with van der Waals surface area (Å²) in [5.74, 6) is 0.618. The summed E-state index contributed by atoms with van der Waals surface area (Å²) < 4.78 is 5.62. The normalized spacial score (nSPS) is 29.8. The summed E-state index contributed by atoms with van der Waals surface area (Å²) in [6.07, 6.45) is 1.19. The van der Waals surface area contributed by atoms with Crippen LogP contribution in [-0.2, 0) is 4.74 Å². The van der Waals surface area contributed by atoms with E-state index in [0.717, 1.165) is 32.7 Å². The minimum absolute atomic E-state index is 0.0600. The molecule has 0 bridgehead atoms. The van der Waals surface area contributed by atoms with Gasteiger partial charge in [0, 0.05) is 32.2 Å². The highest BCUT2D eigenvalue weighted by Gasteiger charge is 2.31. The molecule has 2 unspecified atom stereocenters. The third-order valence-corrected chi connectivity index (χ3v) is 3.24. The number of amides is 2. The van der Waals surface area contributed by atoms with Gasteiger partial charge in [-0.1, -0.05) is 13.8 Å². The first kappa shape index (κ1) is 12.6. The van der Waals surface area contributed by atoms with E-state index in [2.05, 4.69) is 24.5 Å². The first-order valence-corrected chi connectivity index (χ1v) is 6.53. The highest BCUT2D eigenvalue weighted by molar-refractivity contribution is 5.76. The Morgan fingerprint density at radius 2 is 2.35 bits per heavy atom. The maximum absolute atomic E-state index is 11.8. The van der Waals surface area contributed by atoms with Crippen molar-refractivity contribution in [2.24, 2.45) is 5.92 Å². The highest BCUT2D eigenvalue weighted by atomic mass is 16.5. The first-order valence-electron chi connectivity index (χ1n) is 6.53. The van der Waals surface area contributed by atoms with Crippen molar-refractivity contribution in [3.8, 4) is 0 Å². The number of nitrogens with one attached hydrogen (secondary N) is 2. The molecule has 2 amide bonds. The molecule has 5 nitrogen and oxygen atoms in total. The van der Waals surface area contributed by atoms with Crippen molar-refractivity contribution in [3.63, 3.8) is 0 Å². The number of carbonyl (C=O) groups is 1. The van der Waals surface area contributed by atoms with Crippen LogP contribution in [0.15, 0.2) is 0 Å². The molecule has 2 atom stereocenters. The van der Waals surface area contributed by atoms with E-state index in [1.807, 2.05) is 4.90 Å². The van der Waals surface area contributed by atoms with E-state index in [-0.39, 0.29) is 12.1 Å². The summed E-state index contributed by atoms with van der Waals surface area (Å²) in [5, 5.41) is 6.32. The largest absolute Gasteiger partial charge is 0.374 e. The first-order chi connectivity index (χ1) is 8.15. The van der Waals surface area contributed by atoms with E-state index in [0.29, 0.717) is 18.5 Å². The van der Waals surface area contributed by atoms with Crippen LogP contribution in [-0.4, -0.2) is 55.9 Å². The second kappa shape index (κ2) is 5.69. The lowest BCUT2D eigenvalue weighted by Crippen LogP contribution is -2.46. The maximum atomic E-state index is 11.8. The van der Waals surface area contributed by atoms with Crippen LogP contribution < -0.4 is 10.6 Å². The van der Waals surface area contributed by atoms with E-state index in [4.69, 9.17) is 4.74 Å². The fourth-order valence-corrected chi connectivity index (χ4v) is 2.50. The standard InChI is InChI=1S/C12H23N3O2/c1-9(2)5-10-7-15(12(16)14-10)8-11-6-13-3-4-17-11/h9-11,13H,3-8H2,1-2H3,(H,14,16). The van der Waals surface area contributed by atoms with Crippen molar-refractivity contribution in [1.29, 1.82) is 0 Å². The average molecular weight is 241 g/mol. The molecule has 2 saturated heterocycles. The molecule has 0 aromatic heterocycles. The molecule has 17 heavy (non-hydrogen) atoms. The summed E-state index contributed by atoms with van der Waals surface area (Å²) in [4.78, 5) is 13.7. The van der Waals surface area contributed by atoms with Crippen LogP contribution in [0.1, 0.15) is 20.3 Å². The maximum Gasteiger partial charge on any atom is 0.317 e. The molecule has 98 valence electrons. The van der Waals surface area contributed by atoms with E-state index in [9.17, 15) is 4.79 Å². The van der Waals surface area contributed by atoms with E-state index < -0.39 is 0 Å². The zero-order valence-corrected chi connectivity index (χ0v) is 10.7. The minimum Gasteiger partial charge on any atom is -0.374 e. The lowest BCUT2D eigenvalue weighted by molar-refractivity contribution is 0.0145. The Labute approximate surface area is 103 Å². The van der Waals surface area contributed by atoms with Gasteiger partial charge in [0.05, 0.1) is 12.7 Å².